The second kappa shape index (κ2) is 7.16. The summed E-state index contributed by atoms with van der Waals surface area (Å²) in [7, 11) is 0. The topological polar surface area (TPSA) is 46.3 Å². The molecule has 0 bridgehead atoms. The molecule has 122 valence electrons. The number of halogens is 1. The van der Waals surface area contributed by atoms with Crippen molar-refractivity contribution in [3.05, 3.63) is 65.7 Å². The Hall–Kier alpha value is -1.84. The maximum absolute atomic E-state index is 13.0. The zero-order valence-corrected chi connectivity index (χ0v) is 14.3. The lowest BCUT2D eigenvalue weighted by molar-refractivity contribution is -0.122. The van der Waals surface area contributed by atoms with Gasteiger partial charge in [-0.25, -0.2) is 0 Å². The van der Waals surface area contributed by atoms with E-state index in [0.717, 1.165) is 17.7 Å². The molecule has 0 radical (unpaired) electrons. The van der Waals surface area contributed by atoms with E-state index in [9.17, 15) is 4.79 Å². The van der Waals surface area contributed by atoms with E-state index in [1.165, 1.54) is 5.56 Å². The fourth-order valence-electron chi connectivity index (χ4n) is 3.24. The molecule has 1 aliphatic rings. The number of hydrogen-bond acceptors (Lipinski definition) is 2. The molecule has 3 atom stereocenters. The molecule has 3 rings (SSSR count). The highest BCUT2D eigenvalue weighted by Crippen LogP contribution is 2.34. The highest BCUT2D eigenvalue weighted by atomic mass is 35.5. The van der Waals surface area contributed by atoms with Gasteiger partial charge in [-0.05, 0) is 30.5 Å². The van der Waals surface area contributed by atoms with Crippen molar-refractivity contribution >= 4 is 24.0 Å². The predicted molar refractivity (Wildman–Crippen MR) is 96.9 cm³/mol. The first-order valence-electron chi connectivity index (χ1n) is 7.81. The lowest BCUT2D eigenvalue weighted by Gasteiger charge is -2.29. The van der Waals surface area contributed by atoms with Crippen molar-refractivity contribution < 1.29 is 4.79 Å². The number of anilines is 1. The van der Waals surface area contributed by atoms with Crippen molar-refractivity contribution in [1.29, 1.82) is 0 Å². The van der Waals surface area contributed by atoms with E-state index < -0.39 is 0 Å². The van der Waals surface area contributed by atoms with E-state index in [4.69, 9.17) is 5.73 Å². The predicted octanol–water partition coefficient (Wildman–Crippen LogP) is 3.72. The van der Waals surface area contributed by atoms with E-state index in [-0.39, 0.29) is 36.3 Å². The third kappa shape index (κ3) is 3.26. The number of nitrogens with two attached hydrogens (primary N) is 1. The monoisotopic (exact) mass is 330 g/mol. The van der Waals surface area contributed by atoms with Crippen molar-refractivity contribution in [3.63, 3.8) is 0 Å². The first-order chi connectivity index (χ1) is 10.6. The van der Waals surface area contributed by atoms with Crippen LogP contribution in [0.2, 0.25) is 0 Å². The molecule has 1 aliphatic heterocycles. The number of carbonyl (C=O) groups is 1. The molecule has 1 heterocycles. The summed E-state index contributed by atoms with van der Waals surface area (Å²) in [5.74, 6) is -0.148. The van der Waals surface area contributed by atoms with Gasteiger partial charge < -0.3 is 10.6 Å². The zero-order valence-electron chi connectivity index (χ0n) is 13.5. The number of carbonyl (C=O) groups excluding carboxylic acids is 1. The third-order valence-corrected chi connectivity index (χ3v) is 4.56. The van der Waals surface area contributed by atoms with Gasteiger partial charge in [-0.15, -0.1) is 12.4 Å². The van der Waals surface area contributed by atoms with E-state index in [1.807, 2.05) is 60.4 Å². The van der Waals surface area contributed by atoms with Crippen molar-refractivity contribution in [2.24, 2.45) is 11.7 Å². The maximum Gasteiger partial charge on any atom is 0.231 e. The third-order valence-electron chi connectivity index (χ3n) is 4.56. The lowest BCUT2D eigenvalue weighted by atomic mass is 9.94. The lowest BCUT2D eigenvalue weighted by Crippen LogP contribution is -2.42. The molecular weight excluding hydrogens is 308 g/mol. The summed E-state index contributed by atoms with van der Waals surface area (Å²) < 4.78 is 0. The molecular formula is C19H23ClN2O. The van der Waals surface area contributed by atoms with Crippen molar-refractivity contribution in [3.8, 4) is 0 Å². The molecule has 0 saturated carbocycles. The normalized spacial score (nSPS) is 18.7. The Morgan fingerprint density at radius 2 is 1.74 bits per heavy atom. The van der Waals surface area contributed by atoms with Crippen LogP contribution in [-0.4, -0.2) is 11.9 Å². The van der Waals surface area contributed by atoms with Gasteiger partial charge in [0.25, 0.3) is 0 Å². The van der Waals surface area contributed by atoms with E-state index in [1.54, 1.807) is 0 Å². The van der Waals surface area contributed by atoms with Crippen LogP contribution in [0.3, 0.4) is 0 Å². The molecule has 0 spiro atoms. The van der Waals surface area contributed by atoms with E-state index in [2.05, 4.69) is 13.0 Å². The Bertz CT molecular complexity index is 674. The van der Waals surface area contributed by atoms with Crippen LogP contribution in [-0.2, 0) is 11.2 Å². The number of rotatable bonds is 3. The van der Waals surface area contributed by atoms with Gasteiger partial charge in [-0.1, -0.05) is 55.5 Å². The Balaban J connectivity index is 0.00000192. The molecule has 0 fully saturated rings. The van der Waals surface area contributed by atoms with Gasteiger partial charge in [0, 0.05) is 17.8 Å². The number of benzene rings is 2. The molecule has 3 nitrogen and oxygen atoms in total. The molecule has 4 heteroatoms. The first-order valence-corrected chi connectivity index (χ1v) is 7.81. The average molecular weight is 331 g/mol. The SMILES string of the molecule is CC(C(=O)N1c2ccccc2CC1C)C(N)c1ccccc1.Cl. The summed E-state index contributed by atoms with van der Waals surface area (Å²) in [6.45, 7) is 4.02. The van der Waals surface area contributed by atoms with E-state index in [0.29, 0.717) is 0 Å². The summed E-state index contributed by atoms with van der Waals surface area (Å²) in [5, 5.41) is 0. The highest BCUT2D eigenvalue weighted by molar-refractivity contribution is 5.98. The van der Waals surface area contributed by atoms with Crippen LogP contribution < -0.4 is 10.6 Å². The van der Waals surface area contributed by atoms with Gasteiger partial charge in [0.05, 0.1) is 5.92 Å². The zero-order chi connectivity index (χ0) is 15.7. The fraction of sp³-hybridized carbons (Fsp3) is 0.316. The van der Waals surface area contributed by atoms with Gasteiger partial charge >= 0.3 is 0 Å². The second-order valence-electron chi connectivity index (χ2n) is 6.12. The van der Waals surface area contributed by atoms with Crippen LogP contribution in [0.15, 0.2) is 54.6 Å². The molecule has 23 heavy (non-hydrogen) atoms. The van der Waals surface area contributed by atoms with Gasteiger partial charge in [-0.3, -0.25) is 4.79 Å². The van der Waals surface area contributed by atoms with Crippen molar-refractivity contribution in [2.75, 3.05) is 4.90 Å². The quantitative estimate of drug-likeness (QED) is 0.932. The minimum absolute atomic E-state index is 0. The van der Waals surface area contributed by atoms with Gasteiger partial charge in [-0.2, -0.15) is 0 Å². The Labute approximate surface area is 143 Å². The molecule has 0 aliphatic carbocycles. The fourth-order valence-corrected chi connectivity index (χ4v) is 3.24. The molecule has 0 saturated heterocycles. The van der Waals surface area contributed by atoms with Crippen LogP contribution in [0.25, 0.3) is 0 Å². The number of hydrogen-bond donors (Lipinski definition) is 1. The van der Waals surface area contributed by atoms with Gasteiger partial charge in [0.1, 0.15) is 0 Å². The van der Waals surface area contributed by atoms with Crippen LogP contribution in [0, 0.1) is 5.92 Å². The molecule has 1 amide bonds. The molecule has 2 aromatic rings. The Kier molecular flexibility index (Phi) is 5.45. The van der Waals surface area contributed by atoms with Crippen molar-refractivity contribution in [1.82, 2.24) is 0 Å². The first kappa shape index (κ1) is 17.5. The summed E-state index contributed by atoms with van der Waals surface area (Å²) in [6.07, 6.45) is 0.912. The summed E-state index contributed by atoms with van der Waals surface area (Å²) in [6, 6.07) is 17.9. The second-order valence-corrected chi connectivity index (χ2v) is 6.12. The van der Waals surface area contributed by atoms with Crippen LogP contribution in [0.1, 0.15) is 31.0 Å². The summed E-state index contributed by atoms with van der Waals surface area (Å²) in [5.41, 5.74) is 9.60. The summed E-state index contributed by atoms with van der Waals surface area (Å²) in [4.78, 5) is 14.9. The van der Waals surface area contributed by atoms with Gasteiger partial charge in [0.2, 0.25) is 5.91 Å². The average Bonchev–Trinajstić information content (AvgIpc) is 2.89. The highest BCUT2D eigenvalue weighted by Gasteiger charge is 2.35. The minimum atomic E-state index is -0.284. The van der Waals surface area contributed by atoms with Crippen LogP contribution in [0.4, 0.5) is 5.69 Å². The van der Waals surface area contributed by atoms with E-state index >= 15 is 0 Å². The maximum atomic E-state index is 13.0. The molecule has 2 N–H and O–H groups in total. The van der Waals surface area contributed by atoms with Gasteiger partial charge in [0.15, 0.2) is 0 Å². The van der Waals surface area contributed by atoms with Crippen LogP contribution >= 0.6 is 12.4 Å². The standard InChI is InChI=1S/C19H22N2O.ClH/c1-13-12-16-10-6-7-11-17(16)21(13)19(22)14(2)18(20)15-8-4-3-5-9-15;/h3-11,13-14,18H,12,20H2,1-2H3;1H. The molecule has 3 unspecified atom stereocenters. The molecule has 0 aromatic heterocycles. The van der Waals surface area contributed by atoms with Crippen molar-refractivity contribution in [2.45, 2.75) is 32.4 Å². The number of nitrogens with zero attached hydrogens (tertiary/aromatic N) is 1. The number of para-hydroxylation sites is 1. The largest absolute Gasteiger partial charge is 0.323 e. The Morgan fingerprint density at radius 1 is 1.13 bits per heavy atom. The molecule has 2 aromatic carbocycles. The van der Waals surface area contributed by atoms with Crippen LogP contribution in [0.5, 0.6) is 0 Å². The Morgan fingerprint density at radius 3 is 2.43 bits per heavy atom. The number of fused-ring (bicyclic) bond motifs is 1. The smallest absolute Gasteiger partial charge is 0.231 e. The minimum Gasteiger partial charge on any atom is -0.323 e. The number of amides is 1. The summed E-state index contributed by atoms with van der Waals surface area (Å²) >= 11 is 0.